The third-order valence-corrected chi connectivity index (χ3v) is 7.76. The van der Waals surface area contributed by atoms with Crippen molar-refractivity contribution < 1.29 is 22.7 Å². The molecule has 4 rings (SSSR count). The molecule has 8 heteroatoms. The first kappa shape index (κ1) is 20.8. The molecule has 0 N–H and O–H groups in total. The van der Waals surface area contributed by atoms with Crippen LogP contribution >= 0.6 is 0 Å². The molecule has 0 amide bonds. The largest absolute Gasteiger partial charge is 0.493 e. The Kier molecular flexibility index (Phi) is 5.81. The molecule has 0 spiro atoms. The molecule has 30 heavy (non-hydrogen) atoms. The lowest BCUT2D eigenvalue weighted by Crippen LogP contribution is -2.48. The van der Waals surface area contributed by atoms with E-state index in [-0.39, 0.29) is 4.90 Å². The highest BCUT2D eigenvalue weighted by molar-refractivity contribution is 7.89. The maximum absolute atomic E-state index is 13.1. The van der Waals surface area contributed by atoms with Gasteiger partial charge in [0, 0.05) is 39.1 Å². The van der Waals surface area contributed by atoms with Crippen LogP contribution in [0.4, 0.5) is 0 Å². The van der Waals surface area contributed by atoms with Gasteiger partial charge in [-0.2, -0.15) is 4.31 Å². The molecule has 7 nitrogen and oxygen atoms in total. The van der Waals surface area contributed by atoms with E-state index in [1.165, 1.54) is 34.7 Å². The van der Waals surface area contributed by atoms with Gasteiger partial charge in [0.25, 0.3) is 0 Å². The predicted octanol–water partition coefficient (Wildman–Crippen LogP) is 2.22. The fourth-order valence-corrected chi connectivity index (χ4v) is 5.68. The van der Waals surface area contributed by atoms with E-state index in [4.69, 9.17) is 9.47 Å². The van der Waals surface area contributed by atoms with E-state index in [2.05, 4.69) is 17.0 Å². The van der Waals surface area contributed by atoms with Crippen molar-refractivity contribution in [1.82, 2.24) is 9.21 Å². The monoisotopic (exact) mass is 430 g/mol. The van der Waals surface area contributed by atoms with Crippen molar-refractivity contribution in [2.45, 2.75) is 24.8 Å². The van der Waals surface area contributed by atoms with E-state index >= 15 is 0 Å². The first-order valence-electron chi connectivity index (χ1n) is 10.0. The first-order chi connectivity index (χ1) is 14.4. The molecule has 1 saturated heterocycles. The second-order valence-electron chi connectivity index (χ2n) is 7.69. The second kappa shape index (κ2) is 8.37. The second-order valence-corrected chi connectivity index (χ2v) is 9.60. The van der Waals surface area contributed by atoms with Gasteiger partial charge in [-0.1, -0.05) is 12.1 Å². The van der Waals surface area contributed by atoms with Gasteiger partial charge in [0.15, 0.2) is 0 Å². The Morgan fingerprint density at radius 2 is 1.87 bits per heavy atom. The number of hydrogen-bond donors (Lipinski definition) is 0. The summed E-state index contributed by atoms with van der Waals surface area (Å²) in [6.07, 6.45) is 0.948. The lowest BCUT2D eigenvalue weighted by molar-refractivity contribution is 0.0600. The number of methoxy groups -OCH3 is 1. The van der Waals surface area contributed by atoms with Gasteiger partial charge >= 0.3 is 5.97 Å². The molecule has 0 radical (unpaired) electrons. The number of carbonyl (C=O) groups is 1. The van der Waals surface area contributed by atoms with Crippen LogP contribution in [-0.4, -0.2) is 63.5 Å². The zero-order valence-electron chi connectivity index (χ0n) is 17.3. The van der Waals surface area contributed by atoms with E-state index in [1.54, 1.807) is 13.0 Å². The SMILES string of the molecule is COC(=O)c1ccc(S(=O)(=O)N2CCN(Cc3ccc4c(c3)CCO4)CC2)c(C)c1. The molecular formula is C22H26N2O5S. The molecule has 2 aliphatic heterocycles. The van der Waals surface area contributed by atoms with Gasteiger partial charge in [0.2, 0.25) is 10.0 Å². The average molecular weight is 431 g/mol. The topological polar surface area (TPSA) is 76.2 Å². The Labute approximate surface area is 177 Å². The molecule has 0 aromatic heterocycles. The van der Waals surface area contributed by atoms with E-state index in [1.807, 2.05) is 6.07 Å². The molecule has 2 aromatic rings. The summed E-state index contributed by atoms with van der Waals surface area (Å²) in [4.78, 5) is 14.2. The van der Waals surface area contributed by atoms with E-state index in [0.717, 1.165) is 25.3 Å². The van der Waals surface area contributed by atoms with Crippen molar-refractivity contribution in [2.24, 2.45) is 0 Å². The molecule has 0 aliphatic carbocycles. The number of esters is 1. The fraction of sp³-hybridized carbons (Fsp3) is 0.409. The van der Waals surface area contributed by atoms with Gasteiger partial charge in [0.05, 0.1) is 24.2 Å². The summed E-state index contributed by atoms with van der Waals surface area (Å²) in [5.74, 6) is 0.497. The third kappa shape index (κ3) is 4.08. The minimum Gasteiger partial charge on any atom is -0.493 e. The van der Waals surface area contributed by atoms with Crippen molar-refractivity contribution >= 4 is 16.0 Å². The molecule has 1 fully saturated rings. The Morgan fingerprint density at radius 1 is 1.10 bits per heavy atom. The number of sulfonamides is 1. The van der Waals surface area contributed by atoms with Crippen LogP contribution in [0.1, 0.15) is 27.0 Å². The maximum atomic E-state index is 13.1. The Morgan fingerprint density at radius 3 is 2.57 bits per heavy atom. The number of nitrogens with zero attached hydrogens (tertiary/aromatic N) is 2. The van der Waals surface area contributed by atoms with Gasteiger partial charge in [-0.25, -0.2) is 13.2 Å². The molecule has 2 heterocycles. The number of ether oxygens (including phenoxy) is 2. The number of carbonyl (C=O) groups excluding carboxylic acids is 1. The van der Waals surface area contributed by atoms with Crippen molar-refractivity contribution in [3.8, 4) is 5.75 Å². The summed E-state index contributed by atoms with van der Waals surface area (Å²) in [6, 6.07) is 10.9. The van der Waals surface area contributed by atoms with E-state index in [0.29, 0.717) is 37.3 Å². The van der Waals surface area contributed by atoms with Gasteiger partial charge in [-0.3, -0.25) is 4.90 Å². The number of piperazine rings is 1. The zero-order chi connectivity index (χ0) is 21.3. The molecule has 0 unspecified atom stereocenters. The molecular weight excluding hydrogens is 404 g/mol. The van der Waals surface area contributed by atoms with Crippen molar-refractivity contribution in [1.29, 1.82) is 0 Å². The number of aryl methyl sites for hydroxylation is 1. The molecule has 0 atom stereocenters. The van der Waals surface area contributed by atoms with E-state index in [9.17, 15) is 13.2 Å². The van der Waals surface area contributed by atoms with Gasteiger partial charge < -0.3 is 9.47 Å². The van der Waals surface area contributed by atoms with Crippen LogP contribution in [0.2, 0.25) is 0 Å². The van der Waals surface area contributed by atoms with Crippen LogP contribution < -0.4 is 4.74 Å². The fourth-order valence-electron chi connectivity index (χ4n) is 4.05. The Hall–Kier alpha value is -2.42. The lowest BCUT2D eigenvalue weighted by Gasteiger charge is -2.34. The highest BCUT2D eigenvalue weighted by atomic mass is 32.2. The standard InChI is InChI=1S/C22H26N2O5S/c1-16-13-19(22(25)28-2)4-6-21(16)30(26,27)24-10-8-23(9-11-24)15-17-3-5-20-18(14-17)7-12-29-20/h3-6,13-14H,7-12,15H2,1-2H3. The van der Waals surface area contributed by atoms with Crippen molar-refractivity contribution in [3.05, 3.63) is 58.7 Å². The molecule has 160 valence electrons. The van der Waals surface area contributed by atoms with Crippen LogP contribution in [0.3, 0.4) is 0 Å². The zero-order valence-corrected chi connectivity index (χ0v) is 18.1. The van der Waals surface area contributed by atoms with Crippen LogP contribution in [0, 0.1) is 6.92 Å². The number of benzene rings is 2. The van der Waals surface area contributed by atoms with Gasteiger partial charge in [-0.15, -0.1) is 0 Å². The van der Waals surface area contributed by atoms with Crippen LogP contribution in [0.5, 0.6) is 5.75 Å². The van der Waals surface area contributed by atoms with Crippen molar-refractivity contribution in [3.63, 3.8) is 0 Å². The van der Waals surface area contributed by atoms with Crippen LogP contribution in [0.25, 0.3) is 0 Å². The summed E-state index contributed by atoms with van der Waals surface area (Å²) in [5, 5.41) is 0. The summed E-state index contributed by atoms with van der Waals surface area (Å²) in [7, 11) is -2.30. The quantitative estimate of drug-likeness (QED) is 0.677. The number of rotatable bonds is 5. The summed E-state index contributed by atoms with van der Waals surface area (Å²) in [6.45, 7) is 5.47. The highest BCUT2D eigenvalue weighted by Crippen LogP contribution is 2.27. The minimum atomic E-state index is -3.61. The normalized spacial score (nSPS) is 17.4. The first-order valence-corrected chi connectivity index (χ1v) is 11.5. The highest BCUT2D eigenvalue weighted by Gasteiger charge is 2.30. The summed E-state index contributed by atoms with van der Waals surface area (Å²) >= 11 is 0. The predicted molar refractivity (Wildman–Crippen MR) is 112 cm³/mol. The molecule has 2 aromatic carbocycles. The summed E-state index contributed by atoms with van der Waals surface area (Å²) < 4.78 is 38.1. The maximum Gasteiger partial charge on any atom is 0.337 e. The lowest BCUT2D eigenvalue weighted by atomic mass is 10.1. The van der Waals surface area contributed by atoms with Crippen molar-refractivity contribution in [2.75, 3.05) is 39.9 Å². The number of hydrogen-bond acceptors (Lipinski definition) is 6. The van der Waals surface area contributed by atoms with Crippen LogP contribution in [-0.2, 0) is 27.7 Å². The Balaban J connectivity index is 1.41. The smallest absolute Gasteiger partial charge is 0.337 e. The average Bonchev–Trinajstić information content (AvgIpc) is 3.21. The molecule has 0 bridgehead atoms. The minimum absolute atomic E-state index is 0.238. The van der Waals surface area contributed by atoms with Gasteiger partial charge in [0.1, 0.15) is 5.75 Å². The molecule has 0 saturated carbocycles. The Bertz CT molecular complexity index is 1060. The van der Waals surface area contributed by atoms with E-state index < -0.39 is 16.0 Å². The van der Waals surface area contributed by atoms with Crippen LogP contribution in [0.15, 0.2) is 41.3 Å². The summed E-state index contributed by atoms with van der Waals surface area (Å²) in [5.41, 5.74) is 3.36. The van der Waals surface area contributed by atoms with Gasteiger partial charge in [-0.05, 0) is 47.9 Å². The number of fused-ring (bicyclic) bond motifs is 1. The third-order valence-electron chi connectivity index (χ3n) is 5.71. The molecule has 2 aliphatic rings.